The van der Waals surface area contributed by atoms with E-state index in [4.69, 9.17) is 4.42 Å². The molecule has 3 heterocycles. The molecule has 0 saturated carbocycles. The number of piperidine rings is 1. The third-order valence-corrected chi connectivity index (χ3v) is 7.58. The highest BCUT2D eigenvalue weighted by Gasteiger charge is 2.34. The molecular formula is C31H28N8O3. The largest absolute Gasteiger partial charge is 0.436 e. The predicted octanol–water partition coefficient (Wildman–Crippen LogP) is 4.53. The highest BCUT2D eigenvalue weighted by atomic mass is 16.3. The summed E-state index contributed by atoms with van der Waals surface area (Å²) in [5, 5.41) is 25.4. The summed E-state index contributed by atoms with van der Waals surface area (Å²) < 4.78 is 5.94. The number of carbonyl (C=O) groups is 2. The Morgan fingerprint density at radius 3 is 2.55 bits per heavy atom. The summed E-state index contributed by atoms with van der Waals surface area (Å²) in [5.41, 5.74) is 4.04. The van der Waals surface area contributed by atoms with Gasteiger partial charge in [0.25, 0.3) is 5.91 Å². The lowest BCUT2D eigenvalue weighted by Crippen LogP contribution is -2.40. The number of carbonyl (C=O) groups excluding carboxylic acids is 2. The van der Waals surface area contributed by atoms with Crippen molar-refractivity contribution in [3.05, 3.63) is 89.2 Å². The quantitative estimate of drug-likeness (QED) is 0.319. The van der Waals surface area contributed by atoms with Crippen LogP contribution in [0.5, 0.6) is 0 Å². The lowest BCUT2D eigenvalue weighted by atomic mass is 9.79. The van der Waals surface area contributed by atoms with Crippen LogP contribution in [0.15, 0.2) is 71.1 Å². The van der Waals surface area contributed by atoms with Crippen molar-refractivity contribution in [2.75, 3.05) is 18.4 Å². The molecule has 1 aliphatic rings. The Morgan fingerprint density at radius 2 is 1.86 bits per heavy atom. The van der Waals surface area contributed by atoms with Gasteiger partial charge in [-0.2, -0.15) is 10.1 Å². The molecule has 0 aliphatic carbocycles. The van der Waals surface area contributed by atoms with Gasteiger partial charge in [0.15, 0.2) is 11.4 Å². The van der Waals surface area contributed by atoms with E-state index < -0.39 is 0 Å². The zero-order chi connectivity index (χ0) is 29.2. The second kappa shape index (κ2) is 11.2. The minimum atomic E-state index is -0.204. The average Bonchev–Trinajstić information content (AvgIpc) is 3.63. The number of aromatic nitrogens is 5. The molecule has 11 heteroatoms. The normalized spacial score (nSPS) is 14.5. The first-order valence-corrected chi connectivity index (χ1v) is 13.7. The Kier molecular flexibility index (Phi) is 7.19. The monoisotopic (exact) mass is 560 g/mol. The van der Waals surface area contributed by atoms with Crippen LogP contribution in [0.2, 0.25) is 0 Å². The number of oxazole rings is 1. The van der Waals surface area contributed by atoms with E-state index in [9.17, 15) is 14.9 Å². The smallest absolute Gasteiger partial charge is 0.255 e. The van der Waals surface area contributed by atoms with Gasteiger partial charge in [-0.3, -0.25) is 9.59 Å². The van der Waals surface area contributed by atoms with Crippen molar-refractivity contribution in [1.29, 1.82) is 5.26 Å². The molecule has 1 aliphatic heterocycles. The first-order chi connectivity index (χ1) is 20.4. The number of likely N-dealkylation sites (tertiary alicyclic amines) is 1. The van der Waals surface area contributed by atoms with Crippen LogP contribution >= 0.6 is 0 Å². The number of anilines is 1. The number of benzene rings is 3. The van der Waals surface area contributed by atoms with E-state index >= 15 is 0 Å². The summed E-state index contributed by atoms with van der Waals surface area (Å²) in [6, 6.07) is 22.5. The number of tetrazole rings is 1. The molecule has 0 bridgehead atoms. The second-order valence-corrected chi connectivity index (χ2v) is 10.4. The molecule has 0 spiro atoms. The van der Waals surface area contributed by atoms with Crippen molar-refractivity contribution < 1.29 is 14.0 Å². The molecule has 1 saturated heterocycles. The van der Waals surface area contributed by atoms with Gasteiger partial charge in [0.05, 0.1) is 30.2 Å². The summed E-state index contributed by atoms with van der Waals surface area (Å²) in [6.45, 7) is 2.51. The molecule has 3 aromatic carbocycles. The van der Waals surface area contributed by atoms with Gasteiger partial charge in [0.2, 0.25) is 11.8 Å². The Bertz CT molecular complexity index is 1810. The van der Waals surface area contributed by atoms with Crippen molar-refractivity contribution in [3.63, 3.8) is 0 Å². The number of amides is 2. The summed E-state index contributed by atoms with van der Waals surface area (Å²) in [6.07, 6.45) is 1.51. The predicted molar refractivity (Wildman–Crippen MR) is 154 cm³/mol. The molecule has 1 fully saturated rings. The third kappa shape index (κ3) is 5.34. The third-order valence-electron chi connectivity index (χ3n) is 7.58. The van der Waals surface area contributed by atoms with Gasteiger partial charge in [-0.1, -0.05) is 30.3 Å². The van der Waals surface area contributed by atoms with E-state index in [1.54, 1.807) is 48.3 Å². The van der Waals surface area contributed by atoms with E-state index in [1.807, 2.05) is 18.2 Å². The lowest BCUT2D eigenvalue weighted by Gasteiger charge is -2.35. The fourth-order valence-electron chi connectivity index (χ4n) is 5.61. The van der Waals surface area contributed by atoms with Crippen LogP contribution in [0.1, 0.15) is 53.0 Å². The first-order valence-electron chi connectivity index (χ1n) is 13.7. The Morgan fingerprint density at radius 1 is 1.07 bits per heavy atom. The molecule has 2 aromatic heterocycles. The molecule has 42 heavy (non-hydrogen) atoms. The molecule has 1 unspecified atom stereocenters. The number of hydrogen-bond donors (Lipinski definition) is 1. The number of nitrogens with zero attached hydrogens (tertiary/aromatic N) is 7. The van der Waals surface area contributed by atoms with E-state index in [2.05, 4.69) is 43.9 Å². The van der Waals surface area contributed by atoms with Gasteiger partial charge in [-0.25, -0.2) is 4.98 Å². The number of aryl methyl sites for hydroxylation is 1. The number of rotatable bonds is 6. The summed E-state index contributed by atoms with van der Waals surface area (Å²) >= 11 is 0. The molecule has 0 radical (unpaired) electrons. The van der Waals surface area contributed by atoms with Crippen LogP contribution in [0.4, 0.5) is 5.69 Å². The maximum atomic E-state index is 13.7. The number of hydrogen-bond acceptors (Lipinski definition) is 8. The number of nitriles is 1. The van der Waals surface area contributed by atoms with Crippen molar-refractivity contribution in [2.24, 2.45) is 13.0 Å². The fourth-order valence-corrected chi connectivity index (χ4v) is 5.61. The molecule has 5 aromatic rings. The lowest BCUT2D eigenvalue weighted by molar-refractivity contribution is -0.114. The topological polar surface area (TPSA) is 143 Å². The van der Waals surface area contributed by atoms with E-state index in [0.29, 0.717) is 58.3 Å². The highest BCUT2D eigenvalue weighted by Crippen LogP contribution is 2.37. The summed E-state index contributed by atoms with van der Waals surface area (Å²) in [7, 11) is 1.75. The Hall–Kier alpha value is -5.37. The maximum Gasteiger partial charge on any atom is 0.255 e. The summed E-state index contributed by atoms with van der Waals surface area (Å²) in [5.74, 6) is 0.813. The zero-order valence-corrected chi connectivity index (χ0v) is 23.2. The van der Waals surface area contributed by atoms with E-state index in [-0.39, 0.29) is 23.7 Å². The van der Waals surface area contributed by atoms with Crippen LogP contribution in [0, 0.1) is 17.2 Å². The molecule has 2 amide bonds. The second-order valence-electron chi connectivity index (χ2n) is 10.4. The van der Waals surface area contributed by atoms with Crippen LogP contribution in [0.3, 0.4) is 0 Å². The van der Waals surface area contributed by atoms with Gasteiger partial charge >= 0.3 is 0 Å². The molecule has 11 nitrogen and oxygen atoms in total. The maximum absolute atomic E-state index is 13.7. The van der Waals surface area contributed by atoms with Crippen molar-refractivity contribution >= 4 is 28.6 Å². The first kappa shape index (κ1) is 26.8. The molecule has 6 rings (SSSR count). The van der Waals surface area contributed by atoms with E-state index in [1.165, 1.54) is 11.7 Å². The van der Waals surface area contributed by atoms with Gasteiger partial charge in [-0.15, -0.1) is 10.2 Å². The van der Waals surface area contributed by atoms with Gasteiger partial charge in [-0.05, 0) is 65.9 Å². The molecular weight excluding hydrogens is 532 g/mol. The van der Waals surface area contributed by atoms with Crippen LogP contribution < -0.4 is 5.32 Å². The van der Waals surface area contributed by atoms with Crippen LogP contribution in [0.25, 0.3) is 22.6 Å². The molecule has 1 atom stereocenters. The van der Waals surface area contributed by atoms with Crippen molar-refractivity contribution in [3.8, 4) is 17.5 Å². The average molecular weight is 561 g/mol. The number of nitrogens with one attached hydrogen (secondary N) is 1. The standard InChI is InChI=1S/C31H28N8O3/c1-19(40)33-24-10-11-27-26(17-24)34-30(42-27)22-8-9-23(18-32)25(16-22)31(41)39-14-12-21(13-15-39)28(20-6-4-3-5-7-20)29-35-37-38(2)36-29/h3-11,16-17,21,28H,12-15H2,1-2H3,(H,33,40). The highest BCUT2D eigenvalue weighted by molar-refractivity contribution is 5.98. The Labute approximate surface area is 241 Å². The van der Waals surface area contributed by atoms with Crippen LogP contribution in [-0.2, 0) is 11.8 Å². The fraction of sp³-hybridized carbons (Fsp3) is 0.258. The van der Waals surface area contributed by atoms with Crippen molar-refractivity contribution in [1.82, 2.24) is 30.1 Å². The Balaban J connectivity index is 1.23. The van der Waals surface area contributed by atoms with E-state index in [0.717, 1.165) is 18.4 Å². The molecule has 1 N–H and O–H groups in total. The van der Waals surface area contributed by atoms with Gasteiger partial charge in [0, 0.05) is 31.3 Å². The minimum Gasteiger partial charge on any atom is -0.436 e. The zero-order valence-electron chi connectivity index (χ0n) is 23.2. The number of fused-ring (bicyclic) bond motifs is 1. The van der Waals surface area contributed by atoms with Crippen molar-refractivity contribution in [2.45, 2.75) is 25.7 Å². The summed E-state index contributed by atoms with van der Waals surface area (Å²) in [4.78, 5) is 33.0. The SMILES string of the molecule is CC(=O)Nc1ccc2oc(-c3ccc(C#N)c(C(=O)N4CCC(C(c5ccccc5)c5nnn(C)n5)CC4)c3)nc2c1. The van der Waals surface area contributed by atoms with Gasteiger partial charge in [0.1, 0.15) is 5.52 Å². The van der Waals surface area contributed by atoms with Gasteiger partial charge < -0.3 is 14.6 Å². The van der Waals surface area contributed by atoms with Crippen LogP contribution in [-0.4, -0.2) is 55.0 Å². The molecule has 210 valence electrons. The minimum absolute atomic E-state index is 0.0273.